The molecule has 6 heteroatoms. The van der Waals surface area contributed by atoms with Crippen molar-refractivity contribution >= 4 is 17.1 Å². The molecule has 0 aliphatic heterocycles. The molecule has 0 fully saturated rings. The standard InChI is InChI=1S/C7H9N3O3/c1-4-6(9-11)2-5(8)3-7(4)10(12)13/h2-3,9,11H,8H2,1H3. The Kier molecular flexibility index (Phi) is 2.34. The van der Waals surface area contributed by atoms with Gasteiger partial charge in [-0.05, 0) is 13.0 Å². The second kappa shape index (κ2) is 3.28. The molecule has 0 amide bonds. The lowest BCUT2D eigenvalue weighted by molar-refractivity contribution is -0.385. The first-order valence-corrected chi connectivity index (χ1v) is 3.51. The molecule has 1 aromatic carbocycles. The third-order valence-electron chi connectivity index (χ3n) is 1.72. The van der Waals surface area contributed by atoms with Gasteiger partial charge >= 0.3 is 0 Å². The maximum atomic E-state index is 10.5. The first-order chi connectivity index (χ1) is 6.06. The van der Waals surface area contributed by atoms with Gasteiger partial charge in [-0.2, -0.15) is 0 Å². The molecular weight excluding hydrogens is 174 g/mol. The number of benzene rings is 1. The minimum Gasteiger partial charge on any atom is -0.398 e. The minimum atomic E-state index is -0.549. The van der Waals surface area contributed by atoms with Gasteiger partial charge in [-0.3, -0.25) is 20.8 Å². The van der Waals surface area contributed by atoms with Gasteiger partial charge in [-0.1, -0.05) is 0 Å². The topological polar surface area (TPSA) is 101 Å². The minimum absolute atomic E-state index is 0.114. The first-order valence-electron chi connectivity index (χ1n) is 3.51. The van der Waals surface area contributed by atoms with Crippen molar-refractivity contribution in [2.24, 2.45) is 0 Å². The van der Waals surface area contributed by atoms with Crippen molar-refractivity contribution in [1.29, 1.82) is 0 Å². The average molecular weight is 183 g/mol. The Morgan fingerprint density at radius 3 is 2.69 bits per heavy atom. The van der Waals surface area contributed by atoms with Crippen LogP contribution in [-0.2, 0) is 0 Å². The van der Waals surface area contributed by atoms with E-state index >= 15 is 0 Å². The molecule has 4 N–H and O–H groups in total. The third-order valence-corrected chi connectivity index (χ3v) is 1.72. The van der Waals surface area contributed by atoms with Crippen LogP contribution in [0.25, 0.3) is 0 Å². The summed E-state index contributed by atoms with van der Waals surface area (Å²) < 4.78 is 0. The SMILES string of the molecule is Cc1c(NO)cc(N)cc1[N+](=O)[O-]. The fourth-order valence-electron chi connectivity index (χ4n) is 1.03. The van der Waals surface area contributed by atoms with Gasteiger partial charge in [0.05, 0.1) is 16.2 Å². The fourth-order valence-corrected chi connectivity index (χ4v) is 1.03. The Bertz CT molecular complexity index is 351. The van der Waals surface area contributed by atoms with Crippen LogP contribution in [0.1, 0.15) is 5.56 Å². The van der Waals surface area contributed by atoms with Crippen molar-refractivity contribution < 1.29 is 10.1 Å². The van der Waals surface area contributed by atoms with Crippen LogP contribution in [0.5, 0.6) is 0 Å². The zero-order valence-corrected chi connectivity index (χ0v) is 6.94. The lowest BCUT2D eigenvalue weighted by Crippen LogP contribution is -2.00. The maximum Gasteiger partial charge on any atom is 0.276 e. The Morgan fingerprint density at radius 2 is 2.23 bits per heavy atom. The van der Waals surface area contributed by atoms with Gasteiger partial charge < -0.3 is 5.73 Å². The summed E-state index contributed by atoms with van der Waals surface area (Å²) in [6.45, 7) is 1.52. The number of anilines is 2. The van der Waals surface area contributed by atoms with E-state index < -0.39 is 4.92 Å². The smallest absolute Gasteiger partial charge is 0.276 e. The van der Waals surface area contributed by atoms with E-state index in [0.717, 1.165) is 0 Å². The molecule has 0 saturated carbocycles. The number of hydrogen-bond acceptors (Lipinski definition) is 5. The summed E-state index contributed by atoms with van der Waals surface area (Å²) in [4.78, 5) is 9.93. The maximum absolute atomic E-state index is 10.5. The third kappa shape index (κ3) is 1.67. The quantitative estimate of drug-likeness (QED) is 0.364. The molecule has 0 atom stereocenters. The van der Waals surface area contributed by atoms with Crippen molar-refractivity contribution in [2.75, 3.05) is 11.2 Å². The van der Waals surface area contributed by atoms with Crippen molar-refractivity contribution in [3.63, 3.8) is 0 Å². The highest BCUT2D eigenvalue weighted by molar-refractivity contribution is 5.66. The van der Waals surface area contributed by atoms with Crippen molar-refractivity contribution in [3.8, 4) is 0 Å². The summed E-state index contributed by atoms with van der Waals surface area (Å²) in [5.41, 5.74) is 7.94. The van der Waals surface area contributed by atoms with Gasteiger partial charge in [-0.15, -0.1) is 0 Å². The van der Waals surface area contributed by atoms with Gasteiger partial charge in [0.15, 0.2) is 0 Å². The van der Waals surface area contributed by atoms with Crippen LogP contribution in [-0.4, -0.2) is 10.1 Å². The van der Waals surface area contributed by atoms with E-state index in [1.165, 1.54) is 19.1 Å². The average Bonchev–Trinajstić information content (AvgIpc) is 2.08. The summed E-state index contributed by atoms with van der Waals surface area (Å²) in [6.07, 6.45) is 0. The molecule has 1 aromatic rings. The molecule has 0 aliphatic carbocycles. The Morgan fingerprint density at radius 1 is 1.62 bits per heavy atom. The van der Waals surface area contributed by atoms with Crippen LogP contribution >= 0.6 is 0 Å². The van der Waals surface area contributed by atoms with Crippen LogP contribution in [0.3, 0.4) is 0 Å². The highest BCUT2D eigenvalue weighted by atomic mass is 16.6. The van der Waals surface area contributed by atoms with Gasteiger partial charge in [-0.25, -0.2) is 0 Å². The summed E-state index contributed by atoms with van der Waals surface area (Å²) in [5.74, 6) is 0. The number of nitro groups is 1. The van der Waals surface area contributed by atoms with Gasteiger partial charge in [0, 0.05) is 11.8 Å². The molecule has 0 radical (unpaired) electrons. The lowest BCUT2D eigenvalue weighted by Gasteiger charge is -2.05. The number of nitrogens with two attached hydrogens (primary N) is 1. The Balaban J connectivity index is 3.35. The molecule has 6 nitrogen and oxygen atoms in total. The predicted octanol–water partition coefficient (Wildman–Crippen LogP) is 1.29. The Labute approximate surface area is 74.1 Å². The van der Waals surface area contributed by atoms with Crippen molar-refractivity contribution in [1.82, 2.24) is 0 Å². The van der Waals surface area contributed by atoms with Crippen molar-refractivity contribution in [2.45, 2.75) is 6.92 Å². The van der Waals surface area contributed by atoms with E-state index in [2.05, 4.69) is 0 Å². The fraction of sp³-hybridized carbons (Fsp3) is 0.143. The highest BCUT2D eigenvalue weighted by Crippen LogP contribution is 2.28. The van der Waals surface area contributed by atoms with Crippen LogP contribution in [0, 0.1) is 17.0 Å². The summed E-state index contributed by atoms with van der Waals surface area (Å²) in [6, 6.07) is 2.67. The molecule has 0 aromatic heterocycles. The van der Waals surface area contributed by atoms with E-state index in [-0.39, 0.29) is 17.1 Å². The van der Waals surface area contributed by atoms with E-state index in [4.69, 9.17) is 10.9 Å². The number of rotatable bonds is 2. The zero-order valence-electron chi connectivity index (χ0n) is 6.94. The largest absolute Gasteiger partial charge is 0.398 e. The number of nitro benzene ring substituents is 1. The molecule has 0 aliphatic rings. The number of nitrogen functional groups attached to an aromatic ring is 1. The van der Waals surface area contributed by atoms with Crippen LogP contribution in [0.2, 0.25) is 0 Å². The van der Waals surface area contributed by atoms with Crippen LogP contribution in [0.15, 0.2) is 12.1 Å². The number of nitrogens with zero attached hydrogens (tertiary/aromatic N) is 1. The number of nitrogens with one attached hydrogen (secondary N) is 1. The Hall–Kier alpha value is -1.82. The molecule has 0 bridgehead atoms. The molecule has 0 heterocycles. The van der Waals surface area contributed by atoms with Gasteiger partial charge in [0.2, 0.25) is 0 Å². The molecule has 0 spiro atoms. The highest BCUT2D eigenvalue weighted by Gasteiger charge is 2.14. The lowest BCUT2D eigenvalue weighted by atomic mass is 10.1. The number of hydrogen-bond donors (Lipinski definition) is 3. The van der Waals surface area contributed by atoms with E-state index in [9.17, 15) is 10.1 Å². The van der Waals surface area contributed by atoms with Crippen LogP contribution < -0.4 is 11.2 Å². The zero-order chi connectivity index (χ0) is 10.0. The van der Waals surface area contributed by atoms with E-state index in [1.807, 2.05) is 5.48 Å². The van der Waals surface area contributed by atoms with Crippen LogP contribution in [0.4, 0.5) is 17.1 Å². The monoisotopic (exact) mass is 183 g/mol. The molecule has 0 unspecified atom stereocenters. The van der Waals surface area contributed by atoms with Crippen molar-refractivity contribution in [3.05, 3.63) is 27.8 Å². The molecular formula is C7H9N3O3. The van der Waals surface area contributed by atoms with E-state index in [1.54, 1.807) is 0 Å². The molecule has 0 saturated heterocycles. The second-order valence-electron chi connectivity index (χ2n) is 2.58. The molecule has 13 heavy (non-hydrogen) atoms. The summed E-state index contributed by atoms with van der Waals surface area (Å²) in [7, 11) is 0. The molecule has 70 valence electrons. The first kappa shape index (κ1) is 9.27. The van der Waals surface area contributed by atoms with Gasteiger partial charge in [0.1, 0.15) is 0 Å². The van der Waals surface area contributed by atoms with E-state index in [0.29, 0.717) is 5.56 Å². The molecule has 1 rings (SSSR count). The second-order valence-corrected chi connectivity index (χ2v) is 2.58. The summed E-state index contributed by atoms with van der Waals surface area (Å²) >= 11 is 0. The predicted molar refractivity (Wildman–Crippen MR) is 47.7 cm³/mol. The normalized spacial score (nSPS) is 9.69. The van der Waals surface area contributed by atoms with Gasteiger partial charge in [0.25, 0.3) is 5.69 Å². The summed E-state index contributed by atoms with van der Waals surface area (Å²) in [5, 5.41) is 19.1.